The number of hydrogen-bond donors (Lipinski definition) is 1. The number of anilines is 1. The summed E-state index contributed by atoms with van der Waals surface area (Å²) in [5.74, 6) is -0.0152. The second-order valence-corrected chi connectivity index (χ2v) is 8.23. The topological polar surface area (TPSA) is 103 Å². The molecule has 2 aromatic rings. The lowest BCUT2D eigenvalue weighted by atomic mass is 9.72. The summed E-state index contributed by atoms with van der Waals surface area (Å²) in [7, 11) is 0. The lowest BCUT2D eigenvalue weighted by Gasteiger charge is -2.39. The molecule has 9 heteroatoms. The normalized spacial score (nSPS) is 23.1. The molecule has 1 aromatic heterocycles. The lowest BCUT2D eigenvalue weighted by molar-refractivity contribution is -0.385. The van der Waals surface area contributed by atoms with Crippen LogP contribution >= 0.6 is 11.8 Å². The van der Waals surface area contributed by atoms with E-state index in [1.807, 2.05) is 26.2 Å². The van der Waals surface area contributed by atoms with Crippen molar-refractivity contribution in [3.05, 3.63) is 51.7 Å². The Morgan fingerprint density at radius 2 is 2.11 bits per heavy atom. The minimum absolute atomic E-state index is 0.0199. The third-order valence-corrected chi connectivity index (χ3v) is 5.48. The molecule has 140 valence electrons. The van der Waals surface area contributed by atoms with Gasteiger partial charge in [0, 0.05) is 18.2 Å². The number of carbonyl (C=O) groups is 1. The molecule has 0 saturated heterocycles. The van der Waals surface area contributed by atoms with Crippen LogP contribution in [-0.4, -0.2) is 31.7 Å². The number of thioether (sulfide) groups is 1. The van der Waals surface area contributed by atoms with Gasteiger partial charge in [-0.05, 0) is 17.7 Å². The Morgan fingerprint density at radius 1 is 1.37 bits per heavy atom. The summed E-state index contributed by atoms with van der Waals surface area (Å²) < 4.78 is 1.62. The summed E-state index contributed by atoms with van der Waals surface area (Å²) in [5.41, 5.74) is 0.903. The number of fused-ring (bicyclic) bond motifs is 2. The first-order valence-electron chi connectivity index (χ1n) is 8.57. The molecule has 2 heterocycles. The molecule has 4 rings (SSSR count). The minimum atomic E-state index is -0.605. The molecule has 1 aliphatic heterocycles. The van der Waals surface area contributed by atoms with Crippen molar-refractivity contribution in [2.45, 2.75) is 31.5 Å². The van der Waals surface area contributed by atoms with Crippen LogP contribution in [0.25, 0.3) is 0 Å². The van der Waals surface area contributed by atoms with Gasteiger partial charge in [0.05, 0.1) is 16.4 Å². The molecule has 2 atom stereocenters. The molecular formula is C18H19N5O3S. The van der Waals surface area contributed by atoms with Crippen LogP contribution in [0.1, 0.15) is 31.9 Å². The van der Waals surface area contributed by atoms with Crippen molar-refractivity contribution in [3.8, 4) is 0 Å². The molecule has 1 N–H and O–H groups in total. The number of nitrogens with zero attached hydrogens (tertiary/aromatic N) is 4. The maximum absolute atomic E-state index is 13.1. The number of para-hydroxylation sites is 1. The molecule has 8 nitrogen and oxygen atoms in total. The van der Waals surface area contributed by atoms with Gasteiger partial charge in [-0.25, -0.2) is 4.68 Å². The molecular weight excluding hydrogens is 366 g/mol. The number of rotatable bonds is 3. The number of ketones is 1. The third kappa shape index (κ3) is 2.91. The predicted octanol–water partition coefficient (Wildman–Crippen LogP) is 3.42. The number of allylic oxidation sites excluding steroid dienone is 2. The highest BCUT2D eigenvalue weighted by molar-refractivity contribution is 7.98. The highest BCUT2D eigenvalue weighted by Crippen LogP contribution is 2.47. The van der Waals surface area contributed by atoms with E-state index < -0.39 is 16.9 Å². The summed E-state index contributed by atoms with van der Waals surface area (Å²) in [4.78, 5) is 28.8. The van der Waals surface area contributed by atoms with E-state index in [-0.39, 0.29) is 16.9 Å². The molecule has 1 aromatic carbocycles. The second-order valence-electron chi connectivity index (χ2n) is 7.46. The number of nitro groups is 1. The van der Waals surface area contributed by atoms with Crippen LogP contribution in [0.4, 0.5) is 11.6 Å². The van der Waals surface area contributed by atoms with E-state index >= 15 is 0 Å². The molecule has 0 saturated carbocycles. The van der Waals surface area contributed by atoms with E-state index in [1.165, 1.54) is 17.8 Å². The smallest absolute Gasteiger partial charge is 0.274 e. The van der Waals surface area contributed by atoms with Gasteiger partial charge in [0.15, 0.2) is 0 Å². The van der Waals surface area contributed by atoms with Crippen LogP contribution in [-0.2, 0) is 4.79 Å². The van der Waals surface area contributed by atoms with Gasteiger partial charge in [-0.3, -0.25) is 14.9 Å². The van der Waals surface area contributed by atoms with E-state index in [1.54, 1.807) is 22.9 Å². The number of nitro benzene ring substituents is 1. The van der Waals surface area contributed by atoms with E-state index in [9.17, 15) is 14.9 Å². The fourth-order valence-electron chi connectivity index (χ4n) is 3.91. The molecule has 0 amide bonds. The summed E-state index contributed by atoms with van der Waals surface area (Å²) >= 11 is 1.38. The number of Topliss-reactive ketones (excluding diaryl/α,β-unsaturated/α-hetero) is 1. The van der Waals surface area contributed by atoms with Crippen molar-refractivity contribution in [1.29, 1.82) is 0 Å². The zero-order chi connectivity index (χ0) is 19.3. The second kappa shape index (κ2) is 6.19. The highest BCUT2D eigenvalue weighted by atomic mass is 32.2. The van der Waals surface area contributed by atoms with Crippen LogP contribution in [0.5, 0.6) is 0 Å². The van der Waals surface area contributed by atoms with Crippen LogP contribution in [0, 0.1) is 21.4 Å². The van der Waals surface area contributed by atoms with Gasteiger partial charge in [0.25, 0.3) is 5.69 Å². The largest absolute Gasteiger partial charge is 0.328 e. The number of benzene rings is 1. The van der Waals surface area contributed by atoms with Crippen molar-refractivity contribution in [1.82, 2.24) is 14.8 Å². The fraction of sp³-hybridized carbons (Fsp3) is 0.389. The first-order chi connectivity index (χ1) is 12.8. The Kier molecular flexibility index (Phi) is 4.06. The Bertz CT molecular complexity index is 981. The van der Waals surface area contributed by atoms with E-state index in [2.05, 4.69) is 15.4 Å². The Hall–Kier alpha value is -2.68. The van der Waals surface area contributed by atoms with Crippen molar-refractivity contribution in [3.63, 3.8) is 0 Å². The zero-order valence-corrected chi connectivity index (χ0v) is 16.0. The van der Waals surface area contributed by atoms with Crippen LogP contribution in [0.2, 0.25) is 0 Å². The van der Waals surface area contributed by atoms with Gasteiger partial charge in [0.2, 0.25) is 11.1 Å². The van der Waals surface area contributed by atoms with Gasteiger partial charge in [-0.2, -0.15) is 4.98 Å². The molecule has 27 heavy (non-hydrogen) atoms. The van der Waals surface area contributed by atoms with Crippen LogP contribution in [0.3, 0.4) is 0 Å². The minimum Gasteiger partial charge on any atom is -0.328 e. The van der Waals surface area contributed by atoms with Gasteiger partial charge >= 0.3 is 0 Å². The molecule has 0 unspecified atom stereocenters. The Morgan fingerprint density at radius 3 is 2.81 bits per heavy atom. The summed E-state index contributed by atoms with van der Waals surface area (Å²) in [5, 5.41) is 19.9. The first-order valence-corrected chi connectivity index (χ1v) is 9.79. The van der Waals surface area contributed by atoms with Gasteiger partial charge in [0.1, 0.15) is 11.8 Å². The number of carbonyl (C=O) groups excluding carboxylic acids is 1. The number of nitrogens with one attached hydrogen (secondary N) is 1. The maximum Gasteiger partial charge on any atom is 0.274 e. The molecule has 0 radical (unpaired) electrons. The SMILES string of the molecule is CSc1nc2n(n1)[C@@H](c1ccccc1[N+](=O)[O-])[C@@H]1C(=O)CC(C)(C)C=C1N2. The van der Waals surface area contributed by atoms with Crippen LogP contribution in [0.15, 0.2) is 41.2 Å². The van der Waals surface area contributed by atoms with E-state index in [0.29, 0.717) is 23.1 Å². The van der Waals surface area contributed by atoms with Crippen molar-refractivity contribution >= 4 is 29.2 Å². The molecule has 1 aliphatic carbocycles. The van der Waals surface area contributed by atoms with E-state index in [4.69, 9.17) is 0 Å². The Labute approximate surface area is 160 Å². The highest BCUT2D eigenvalue weighted by Gasteiger charge is 2.46. The van der Waals surface area contributed by atoms with Crippen LogP contribution < -0.4 is 5.32 Å². The van der Waals surface area contributed by atoms with Gasteiger partial charge in [-0.1, -0.05) is 43.8 Å². The van der Waals surface area contributed by atoms with Crippen molar-refractivity contribution < 1.29 is 9.72 Å². The summed E-state index contributed by atoms with van der Waals surface area (Å²) in [6.45, 7) is 4.00. The summed E-state index contributed by atoms with van der Waals surface area (Å²) in [6, 6.07) is 5.93. The molecule has 0 fully saturated rings. The monoisotopic (exact) mass is 385 g/mol. The average Bonchev–Trinajstić information content (AvgIpc) is 3.01. The number of hydrogen-bond acceptors (Lipinski definition) is 7. The fourth-order valence-corrected chi connectivity index (χ4v) is 4.26. The first kappa shape index (κ1) is 17.7. The molecule has 2 aliphatic rings. The molecule has 0 spiro atoms. The quantitative estimate of drug-likeness (QED) is 0.490. The zero-order valence-electron chi connectivity index (χ0n) is 15.2. The van der Waals surface area contributed by atoms with Gasteiger partial charge in [-0.15, -0.1) is 5.10 Å². The predicted molar refractivity (Wildman–Crippen MR) is 102 cm³/mol. The van der Waals surface area contributed by atoms with Crippen molar-refractivity contribution in [2.24, 2.45) is 11.3 Å². The molecule has 0 bridgehead atoms. The average molecular weight is 385 g/mol. The van der Waals surface area contributed by atoms with Gasteiger partial charge < -0.3 is 5.32 Å². The maximum atomic E-state index is 13.1. The summed E-state index contributed by atoms with van der Waals surface area (Å²) in [6.07, 6.45) is 4.28. The van der Waals surface area contributed by atoms with Crippen molar-refractivity contribution in [2.75, 3.05) is 11.6 Å². The Balaban J connectivity index is 1.97. The van der Waals surface area contributed by atoms with E-state index in [0.717, 1.165) is 5.70 Å². The number of aromatic nitrogens is 3. The third-order valence-electron chi connectivity index (χ3n) is 4.94. The lowest BCUT2D eigenvalue weighted by Crippen LogP contribution is -2.42. The standard InChI is InChI=1S/C18H19N5O3S/c1-18(2)8-11-14(13(24)9-18)15(10-6-4-5-7-12(10)23(25)26)22-16(19-11)20-17(21-22)27-3/h4-8,14-15H,9H2,1-3H3,(H,19,20,21)/t14-,15-/m0/s1.